The molecule has 26 heavy (non-hydrogen) atoms. The molecule has 2 aromatic heterocycles. The highest BCUT2D eigenvalue weighted by atomic mass is 16.3. The average Bonchev–Trinajstić information content (AvgIpc) is 3.15. The number of nitrogens with zero attached hydrogens (tertiary/aromatic N) is 1. The van der Waals surface area contributed by atoms with Crippen molar-refractivity contribution in [2.24, 2.45) is 0 Å². The van der Waals surface area contributed by atoms with E-state index in [2.05, 4.69) is 5.32 Å². The fourth-order valence-corrected chi connectivity index (χ4v) is 2.83. The van der Waals surface area contributed by atoms with Gasteiger partial charge in [0.05, 0.1) is 17.7 Å². The number of likely N-dealkylation sites (N-methyl/N-ethyl adjacent to an activating group) is 1. The van der Waals surface area contributed by atoms with Crippen LogP contribution in [0.3, 0.4) is 0 Å². The zero-order valence-corrected chi connectivity index (χ0v) is 15.1. The Morgan fingerprint density at radius 2 is 2.04 bits per heavy atom. The molecule has 0 spiro atoms. The molecule has 1 aromatic carbocycles. The standard InChI is InChI=1S/C20H22N2O4/c1-4-13-7-8-17-14(10-13)16(23)11-19(26-17)20(24)21-12-15(22(2)3)18-6-5-9-25-18/h5-11,15H,4,12H2,1-3H3,(H,21,24)/t15-/m0/s1. The smallest absolute Gasteiger partial charge is 0.287 e. The molecule has 0 radical (unpaired) electrons. The number of aryl methyl sites for hydroxylation is 1. The van der Waals surface area contributed by atoms with Crippen LogP contribution in [0.4, 0.5) is 0 Å². The Hall–Kier alpha value is -2.86. The number of nitrogens with one attached hydrogen (secondary N) is 1. The van der Waals surface area contributed by atoms with E-state index in [1.165, 1.54) is 6.07 Å². The molecule has 6 heteroatoms. The molecule has 136 valence electrons. The zero-order chi connectivity index (χ0) is 18.7. The summed E-state index contributed by atoms with van der Waals surface area (Å²) in [5.74, 6) is 0.327. The quantitative estimate of drug-likeness (QED) is 0.736. The first-order chi connectivity index (χ1) is 12.5. The van der Waals surface area contributed by atoms with Crippen LogP contribution >= 0.6 is 0 Å². The van der Waals surface area contributed by atoms with Gasteiger partial charge in [-0.1, -0.05) is 13.0 Å². The van der Waals surface area contributed by atoms with Gasteiger partial charge < -0.3 is 14.2 Å². The number of benzene rings is 1. The fraction of sp³-hybridized carbons (Fsp3) is 0.300. The highest BCUT2D eigenvalue weighted by molar-refractivity contribution is 5.93. The van der Waals surface area contributed by atoms with Crippen molar-refractivity contribution >= 4 is 16.9 Å². The molecule has 0 bridgehead atoms. The van der Waals surface area contributed by atoms with Gasteiger partial charge in [-0.3, -0.25) is 14.5 Å². The van der Waals surface area contributed by atoms with E-state index in [1.54, 1.807) is 18.4 Å². The number of amides is 1. The first-order valence-corrected chi connectivity index (χ1v) is 8.54. The minimum absolute atomic E-state index is 0.00343. The minimum atomic E-state index is -0.429. The molecule has 1 amide bonds. The molecular weight excluding hydrogens is 332 g/mol. The lowest BCUT2D eigenvalue weighted by molar-refractivity contribution is 0.0912. The van der Waals surface area contributed by atoms with Crippen molar-refractivity contribution < 1.29 is 13.6 Å². The molecule has 3 rings (SSSR count). The molecule has 0 unspecified atom stereocenters. The van der Waals surface area contributed by atoms with Gasteiger partial charge in [-0.15, -0.1) is 0 Å². The van der Waals surface area contributed by atoms with Crippen molar-refractivity contribution in [2.45, 2.75) is 19.4 Å². The molecule has 3 aromatic rings. The third-order valence-electron chi connectivity index (χ3n) is 4.37. The van der Waals surface area contributed by atoms with Crippen molar-refractivity contribution in [1.82, 2.24) is 10.2 Å². The van der Waals surface area contributed by atoms with E-state index in [-0.39, 0.29) is 17.2 Å². The molecule has 2 heterocycles. The predicted octanol–water partition coefficient (Wildman–Crippen LogP) is 2.98. The number of rotatable bonds is 6. The van der Waals surface area contributed by atoms with E-state index in [9.17, 15) is 9.59 Å². The summed E-state index contributed by atoms with van der Waals surface area (Å²) in [6.07, 6.45) is 2.43. The first-order valence-electron chi connectivity index (χ1n) is 8.54. The zero-order valence-electron chi connectivity index (χ0n) is 15.1. The molecule has 0 fully saturated rings. The molecule has 1 N–H and O–H groups in total. The Labute approximate surface area is 151 Å². The lowest BCUT2D eigenvalue weighted by Gasteiger charge is -2.22. The van der Waals surface area contributed by atoms with Gasteiger partial charge in [-0.2, -0.15) is 0 Å². The minimum Gasteiger partial charge on any atom is -0.468 e. The summed E-state index contributed by atoms with van der Waals surface area (Å²) in [6.45, 7) is 2.35. The lowest BCUT2D eigenvalue weighted by Crippen LogP contribution is -2.34. The van der Waals surface area contributed by atoms with Crippen LogP contribution in [0.5, 0.6) is 0 Å². The van der Waals surface area contributed by atoms with Gasteiger partial charge in [0.15, 0.2) is 11.2 Å². The maximum atomic E-state index is 12.5. The Morgan fingerprint density at radius 3 is 2.69 bits per heavy atom. The van der Waals surface area contributed by atoms with Gasteiger partial charge in [0, 0.05) is 12.6 Å². The summed E-state index contributed by atoms with van der Waals surface area (Å²) in [5, 5.41) is 3.30. The predicted molar refractivity (Wildman–Crippen MR) is 99.3 cm³/mol. The SMILES string of the molecule is CCc1ccc2oc(C(=O)NC[C@@H](c3ccco3)N(C)C)cc(=O)c2c1. The van der Waals surface area contributed by atoms with Crippen LogP contribution in [0.15, 0.2) is 56.3 Å². The van der Waals surface area contributed by atoms with E-state index in [1.807, 2.05) is 44.1 Å². The fourth-order valence-electron chi connectivity index (χ4n) is 2.83. The van der Waals surface area contributed by atoms with Crippen LogP contribution in [-0.4, -0.2) is 31.4 Å². The van der Waals surface area contributed by atoms with Crippen LogP contribution in [0, 0.1) is 0 Å². The Bertz CT molecular complexity index is 958. The molecule has 0 aliphatic heterocycles. The van der Waals surface area contributed by atoms with Gasteiger partial charge >= 0.3 is 0 Å². The third kappa shape index (κ3) is 3.70. The molecule has 1 atom stereocenters. The van der Waals surface area contributed by atoms with E-state index in [4.69, 9.17) is 8.83 Å². The summed E-state index contributed by atoms with van der Waals surface area (Å²) in [5.41, 5.74) is 1.24. The second-order valence-corrected chi connectivity index (χ2v) is 6.36. The van der Waals surface area contributed by atoms with Crippen LogP contribution in [0.1, 0.15) is 34.8 Å². The van der Waals surface area contributed by atoms with Gasteiger partial charge in [-0.05, 0) is 50.3 Å². The monoisotopic (exact) mass is 354 g/mol. The average molecular weight is 354 g/mol. The molecule has 0 aliphatic carbocycles. The summed E-state index contributed by atoms with van der Waals surface area (Å²) >= 11 is 0. The summed E-state index contributed by atoms with van der Waals surface area (Å²) in [4.78, 5) is 26.8. The van der Waals surface area contributed by atoms with Crippen LogP contribution in [-0.2, 0) is 6.42 Å². The topological polar surface area (TPSA) is 75.7 Å². The Kier molecular flexibility index (Phi) is 5.23. The summed E-state index contributed by atoms with van der Waals surface area (Å²) < 4.78 is 11.1. The Balaban J connectivity index is 1.80. The van der Waals surface area contributed by atoms with Crippen molar-refractivity contribution in [3.05, 3.63) is 70.0 Å². The van der Waals surface area contributed by atoms with E-state index in [0.29, 0.717) is 17.5 Å². The number of carbonyl (C=O) groups excluding carboxylic acids is 1. The van der Waals surface area contributed by atoms with E-state index in [0.717, 1.165) is 17.7 Å². The van der Waals surface area contributed by atoms with Crippen molar-refractivity contribution in [1.29, 1.82) is 0 Å². The third-order valence-corrected chi connectivity index (χ3v) is 4.37. The number of hydrogen-bond donors (Lipinski definition) is 1. The van der Waals surface area contributed by atoms with Gasteiger partial charge in [-0.25, -0.2) is 0 Å². The number of furan rings is 1. The molecule has 0 saturated heterocycles. The number of fused-ring (bicyclic) bond motifs is 1. The molecular formula is C20H22N2O4. The van der Waals surface area contributed by atoms with Gasteiger partial charge in [0.25, 0.3) is 5.91 Å². The maximum Gasteiger partial charge on any atom is 0.287 e. The summed E-state index contributed by atoms with van der Waals surface area (Å²) in [6, 6.07) is 10.2. The van der Waals surface area contributed by atoms with E-state index >= 15 is 0 Å². The Morgan fingerprint density at radius 1 is 1.23 bits per heavy atom. The second kappa shape index (κ2) is 7.58. The number of carbonyl (C=O) groups is 1. The molecule has 6 nitrogen and oxygen atoms in total. The second-order valence-electron chi connectivity index (χ2n) is 6.36. The number of hydrogen-bond acceptors (Lipinski definition) is 5. The highest BCUT2D eigenvalue weighted by Crippen LogP contribution is 2.18. The molecule has 0 saturated carbocycles. The van der Waals surface area contributed by atoms with Crippen molar-refractivity contribution in [3.63, 3.8) is 0 Å². The van der Waals surface area contributed by atoms with Crippen molar-refractivity contribution in [3.8, 4) is 0 Å². The first kappa shape index (κ1) is 17.9. The molecule has 0 aliphatic rings. The maximum absolute atomic E-state index is 12.5. The van der Waals surface area contributed by atoms with Crippen LogP contribution in [0.2, 0.25) is 0 Å². The van der Waals surface area contributed by atoms with Crippen LogP contribution in [0.25, 0.3) is 11.0 Å². The summed E-state index contributed by atoms with van der Waals surface area (Å²) in [7, 11) is 3.81. The lowest BCUT2D eigenvalue weighted by atomic mass is 10.1. The largest absolute Gasteiger partial charge is 0.468 e. The van der Waals surface area contributed by atoms with Gasteiger partial charge in [0.1, 0.15) is 11.3 Å². The van der Waals surface area contributed by atoms with E-state index < -0.39 is 5.91 Å². The van der Waals surface area contributed by atoms with Crippen molar-refractivity contribution in [2.75, 3.05) is 20.6 Å². The van der Waals surface area contributed by atoms with Gasteiger partial charge in [0.2, 0.25) is 0 Å². The normalized spacial score (nSPS) is 12.5. The van der Waals surface area contributed by atoms with Crippen LogP contribution < -0.4 is 10.7 Å². The highest BCUT2D eigenvalue weighted by Gasteiger charge is 2.19.